The Labute approximate surface area is 235 Å². The van der Waals surface area contributed by atoms with Gasteiger partial charge >= 0.3 is 11.9 Å². The molecule has 1 fully saturated rings. The number of hydrogen-bond donors (Lipinski definition) is 3. The Hall–Kier alpha value is -4.03. The maximum absolute atomic E-state index is 11.6. The molecule has 1 aliphatic rings. The van der Waals surface area contributed by atoms with Crippen LogP contribution in [0, 0.1) is 11.3 Å². The van der Waals surface area contributed by atoms with Crippen molar-refractivity contribution in [1.29, 1.82) is 5.26 Å². The van der Waals surface area contributed by atoms with E-state index in [1.807, 2.05) is 0 Å². The summed E-state index contributed by atoms with van der Waals surface area (Å²) in [5, 5.41) is 21.2. The highest BCUT2D eigenvalue weighted by atomic mass is 35.5. The molecule has 1 aliphatic heterocycles. The van der Waals surface area contributed by atoms with Crippen molar-refractivity contribution in [3.8, 4) is 17.6 Å². The molecule has 1 atom stereocenters. The number of aliphatic carboxylic acids is 1. The van der Waals surface area contributed by atoms with Gasteiger partial charge in [0.25, 0.3) is 0 Å². The second-order valence-corrected chi connectivity index (χ2v) is 8.67. The van der Waals surface area contributed by atoms with Crippen molar-refractivity contribution in [3.05, 3.63) is 36.3 Å². The predicted octanol–water partition coefficient (Wildman–Crippen LogP) is 1.44. The van der Waals surface area contributed by atoms with E-state index in [2.05, 4.69) is 21.4 Å². The third-order valence-electron chi connectivity index (χ3n) is 5.83. The van der Waals surface area contributed by atoms with Crippen molar-refractivity contribution in [2.75, 3.05) is 45.0 Å². The van der Waals surface area contributed by atoms with E-state index >= 15 is 0 Å². The summed E-state index contributed by atoms with van der Waals surface area (Å²) >= 11 is 0. The highest BCUT2D eigenvalue weighted by Gasteiger charge is 2.20. The third-order valence-corrected chi connectivity index (χ3v) is 5.83. The summed E-state index contributed by atoms with van der Waals surface area (Å²) in [7, 11) is 0. The van der Waals surface area contributed by atoms with E-state index in [-0.39, 0.29) is 44.9 Å². The van der Waals surface area contributed by atoms with E-state index in [9.17, 15) is 9.59 Å². The van der Waals surface area contributed by atoms with E-state index in [0.717, 1.165) is 12.8 Å². The van der Waals surface area contributed by atoms with Crippen LogP contribution in [-0.4, -0.2) is 88.3 Å². The topological polar surface area (TPSA) is 197 Å². The van der Waals surface area contributed by atoms with Gasteiger partial charge in [-0.1, -0.05) is 0 Å². The van der Waals surface area contributed by atoms with Gasteiger partial charge in [0.15, 0.2) is 17.2 Å². The Kier molecular flexibility index (Phi) is 11.4. The van der Waals surface area contributed by atoms with Crippen molar-refractivity contribution in [2.24, 2.45) is 5.73 Å². The Balaban J connectivity index is 0.00000441. The molecule has 0 aliphatic carbocycles. The summed E-state index contributed by atoms with van der Waals surface area (Å²) < 4.78 is 23.5. The van der Waals surface area contributed by atoms with E-state index in [0.29, 0.717) is 47.3 Å². The van der Waals surface area contributed by atoms with Crippen molar-refractivity contribution in [3.63, 3.8) is 0 Å². The maximum Gasteiger partial charge on any atom is 0.323 e. The summed E-state index contributed by atoms with van der Waals surface area (Å²) in [4.78, 5) is 35.8. The van der Waals surface area contributed by atoms with Crippen LogP contribution < -0.4 is 15.8 Å². The number of nitrogens with two attached hydrogens (primary N) is 1. The van der Waals surface area contributed by atoms with Crippen LogP contribution in [0.5, 0.6) is 5.75 Å². The second kappa shape index (κ2) is 14.9. The highest BCUT2D eigenvalue weighted by Crippen LogP contribution is 2.29. The monoisotopic (exact) mass is 575 g/mol. The van der Waals surface area contributed by atoms with E-state index in [1.54, 1.807) is 29.1 Å². The van der Waals surface area contributed by atoms with Crippen molar-refractivity contribution in [1.82, 2.24) is 19.5 Å². The zero-order valence-electron chi connectivity index (χ0n) is 21.5. The number of carboxylic acid groups (broad SMARTS) is 1. The minimum absolute atomic E-state index is 0. The molecule has 3 aromatic rings. The first-order chi connectivity index (χ1) is 18.9. The first-order valence-electron chi connectivity index (χ1n) is 12.4. The summed E-state index contributed by atoms with van der Waals surface area (Å²) in [6, 6.07) is 6.19. The number of aromatic nitrogens is 4. The summed E-state index contributed by atoms with van der Waals surface area (Å²) in [5.74, 6) is -0.347. The number of carboxylic acids is 1. The molecular weight excluding hydrogens is 546 g/mol. The van der Waals surface area contributed by atoms with Gasteiger partial charge in [-0.3, -0.25) is 14.2 Å². The van der Waals surface area contributed by atoms with Gasteiger partial charge in [-0.15, -0.1) is 12.4 Å². The molecule has 1 saturated heterocycles. The average Bonchev–Trinajstić information content (AvgIpc) is 3.35. The molecular formula is C25H30ClN7O7. The largest absolute Gasteiger partial charge is 0.487 e. The molecule has 4 heterocycles. The number of anilines is 1. The molecule has 0 radical (unpaired) electrons. The SMILES string of the molecule is Cl.N#Cc1ccc(-n2cnc3cc(OCCOCCOC(=O)C(N)CC(=O)O)c(NC4CCOCC4)nc32)nc1. The molecule has 3 aromatic heterocycles. The Morgan fingerprint density at radius 1 is 1.23 bits per heavy atom. The molecule has 0 bridgehead atoms. The van der Waals surface area contributed by atoms with Gasteiger partial charge < -0.3 is 35.1 Å². The fourth-order valence-corrected chi connectivity index (χ4v) is 3.83. The number of rotatable bonds is 13. The molecule has 15 heteroatoms. The van der Waals surface area contributed by atoms with Crippen LogP contribution in [0.1, 0.15) is 24.8 Å². The Morgan fingerprint density at radius 2 is 2.00 bits per heavy atom. The van der Waals surface area contributed by atoms with Crippen LogP contribution in [0.25, 0.3) is 17.0 Å². The number of nitrogens with zero attached hydrogens (tertiary/aromatic N) is 5. The molecule has 40 heavy (non-hydrogen) atoms. The van der Waals surface area contributed by atoms with Gasteiger partial charge in [0.2, 0.25) is 0 Å². The zero-order valence-corrected chi connectivity index (χ0v) is 22.3. The van der Waals surface area contributed by atoms with Gasteiger partial charge in [-0.25, -0.2) is 15.0 Å². The van der Waals surface area contributed by atoms with Gasteiger partial charge in [-0.2, -0.15) is 5.26 Å². The van der Waals surface area contributed by atoms with Crippen LogP contribution in [0.2, 0.25) is 0 Å². The lowest BCUT2D eigenvalue weighted by Gasteiger charge is -2.24. The van der Waals surface area contributed by atoms with E-state index < -0.39 is 24.4 Å². The molecule has 4 N–H and O–H groups in total. The number of halogens is 1. The van der Waals surface area contributed by atoms with Crippen molar-refractivity contribution < 1.29 is 33.6 Å². The van der Waals surface area contributed by atoms with Gasteiger partial charge in [0.1, 0.15) is 43.0 Å². The lowest BCUT2D eigenvalue weighted by atomic mass is 10.1. The normalized spacial score (nSPS) is 14.1. The summed E-state index contributed by atoms with van der Waals surface area (Å²) in [6.07, 6.45) is 4.26. The van der Waals surface area contributed by atoms with Crippen molar-refractivity contribution in [2.45, 2.75) is 31.3 Å². The average molecular weight is 576 g/mol. The van der Waals surface area contributed by atoms with Gasteiger partial charge in [0.05, 0.1) is 25.2 Å². The number of carbonyl (C=O) groups excluding carboxylic acids is 1. The molecule has 14 nitrogen and oxygen atoms in total. The van der Waals surface area contributed by atoms with Crippen LogP contribution in [-0.2, 0) is 23.8 Å². The quantitative estimate of drug-likeness (QED) is 0.196. The first kappa shape index (κ1) is 30.5. The fourth-order valence-electron chi connectivity index (χ4n) is 3.83. The number of imidazole rings is 1. The fraction of sp³-hybridized carbons (Fsp3) is 0.440. The number of esters is 1. The Morgan fingerprint density at radius 3 is 2.70 bits per heavy atom. The third kappa shape index (κ3) is 8.23. The Bertz CT molecular complexity index is 1320. The molecule has 0 aromatic carbocycles. The van der Waals surface area contributed by atoms with Crippen LogP contribution in [0.15, 0.2) is 30.7 Å². The summed E-state index contributed by atoms with van der Waals surface area (Å²) in [6.45, 7) is 1.75. The van der Waals surface area contributed by atoms with Crippen LogP contribution >= 0.6 is 12.4 Å². The minimum atomic E-state index is -1.22. The number of nitrogens with one attached hydrogen (secondary N) is 1. The maximum atomic E-state index is 11.6. The van der Waals surface area contributed by atoms with Crippen LogP contribution in [0.3, 0.4) is 0 Å². The van der Waals surface area contributed by atoms with Crippen molar-refractivity contribution >= 4 is 41.3 Å². The number of fused-ring (bicyclic) bond motifs is 1. The molecule has 214 valence electrons. The lowest BCUT2D eigenvalue weighted by molar-refractivity contribution is -0.150. The molecule has 0 amide bonds. The lowest BCUT2D eigenvalue weighted by Crippen LogP contribution is -2.35. The highest BCUT2D eigenvalue weighted by molar-refractivity contribution is 5.85. The minimum Gasteiger partial charge on any atom is -0.487 e. The molecule has 0 spiro atoms. The number of hydrogen-bond acceptors (Lipinski definition) is 12. The molecule has 4 rings (SSSR count). The standard InChI is InChI=1S/C25H29N7O7.ClH/c26-13-16-1-2-21(28-14-16)32-15-29-19-12-20(23(31-24(19)32)30-17-3-5-36-6-4-17)38-9-7-37-8-10-39-25(35)18(27)11-22(33)34;/h1-2,12,14-15,17-18H,3-11,27H2,(H,30,31)(H,33,34);1H. The number of ether oxygens (including phenoxy) is 4. The van der Waals surface area contributed by atoms with Gasteiger partial charge in [-0.05, 0) is 25.0 Å². The van der Waals surface area contributed by atoms with E-state index in [4.69, 9.17) is 40.0 Å². The zero-order chi connectivity index (χ0) is 27.6. The van der Waals surface area contributed by atoms with Gasteiger partial charge in [0, 0.05) is 31.5 Å². The predicted molar refractivity (Wildman–Crippen MR) is 144 cm³/mol. The first-order valence-corrected chi connectivity index (χ1v) is 12.4. The smallest absolute Gasteiger partial charge is 0.323 e. The number of pyridine rings is 2. The second-order valence-electron chi connectivity index (χ2n) is 8.67. The van der Waals surface area contributed by atoms with E-state index in [1.165, 1.54) is 6.20 Å². The molecule has 0 saturated carbocycles. The number of nitriles is 1. The molecule has 1 unspecified atom stereocenters. The number of carbonyl (C=O) groups is 2. The summed E-state index contributed by atoms with van der Waals surface area (Å²) in [5.41, 5.74) is 7.08. The van der Waals surface area contributed by atoms with Crippen LogP contribution in [0.4, 0.5) is 5.82 Å².